The van der Waals surface area contributed by atoms with Crippen molar-refractivity contribution in [1.82, 2.24) is 4.98 Å². The van der Waals surface area contributed by atoms with Crippen LogP contribution < -0.4 is 5.32 Å². The number of hydrogen-bond acceptors (Lipinski definition) is 6. The fourth-order valence-electron chi connectivity index (χ4n) is 1.18. The van der Waals surface area contributed by atoms with Crippen molar-refractivity contribution in [3.05, 3.63) is 17.3 Å². The number of rotatable bonds is 7. The standard InChI is InChI=1S/C11H15ClN2O3S/c1-17-9(16)3-7-18-8-2-4-13-11(10(8)12)14-5-6-15/h2,4,15H,3,5-7H2,1H3,(H,13,14). The van der Waals surface area contributed by atoms with Gasteiger partial charge in [-0.25, -0.2) is 4.98 Å². The first-order chi connectivity index (χ1) is 8.69. The summed E-state index contributed by atoms with van der Waals surface area (Å²) in [6, 6.07) is 1.79. The number of pyridine rings is 1. The van der Waals surface area contributed by atoms with E-state index in [2.05, 4.69) is 15.0 Å². The van der Waals surface area contributed by atoms with E-state index >= 15 is 0 Å². The number of ether oxygens (including phenoxy) is 1. The number of thioether (sulfide) groups is 1. The monoisotopic (exact) mass is 290 g/mol. The second-order valence-electron chi connectivity index (χ2n) is 3.30. The number of esters is 1. The predicted molar refractivity (Wildman–Crippen MR) is 72.2 cm³/mol. The molecule has 5 nitrogen and oxygen atoms in total. The van der Waals surface area contributed by atoms with Crippen LogP contribution in [0.2, 0.25) is 5.02 Å². The highest BCUT2D eigenvalue weighted by atomic mass is 35.5. The number of carbonyl (C=O) groups is 1. The summed E-state index contributed by atoms with van der Waals surface area (Å²) in [5.41, 5.74) is 0. The van der Waals surface area contributed by atoms with Crippen LogP contribution in [0.1, 0.15) is 6.42 Å². The molecular weight excluding hydrogens is 276 g/mol. The SMILES string of the molecule is COC(=O)CCSc1ccnc(NCCO)c1Cl. The summed E-state index contributed by atoms with van der Waals surface area (Å²) in [5, 5.41) is 12.1. The van der Waals surface area contributed by atoms with Crippen LogP contribution in [0.25, 0.3) is 0 Å². The summed E-state index contributed by atoms with van der Waals surface area (Å²) in [4.78, 5) is 15.9. The topological polar surface area (TPSA) is 71.5 Å². The largest absolute Gasteiger partial charge is 0.469 e. The number of hydrogen-bond donors (Lipinski definition) is 2. The van der Waals surface area contributed by atoms with Gasteiger partial charge >= 0.3 is 5.97 Å². The summed E-state index contributed by atoms with van der Waals surface area (Å²) < 4.78 is 4.56. The molecule has 0 aliphatic carbocycles. The second kappa shape index (κ2) is 8.18. The summed E-state index contributed by atoms with van der Waals surface area (Å²) in [6.07, 6.45) is 1.96. The van der Waals surface area contributed by atoms with Gasteiger partial charge in [0.1, 0.15) is 5.82 Å². The van der Waals surface area contributed by atoms with Gasteiger partial charge in [0.25, 0.3) is 0 Å². The van der Waals surface area contributed by atoms with Gasteiger partial charge in [-0.05, 0) is 6.07 Å². The molecule has 0 amide bonds. The van der Waals surface area contributed by atoms with Gasteiger partial charge in [-0.1, -0.05) is 11.6 Å². The summed E-state index contributed by atoms with van der Waals surface area (Å²) in [5.74, 6) is 0.885. The Kier molecular flexibility index (Phi) is 6.85. The van der Waals surface area contributed by atoms with E-state index < -0.39 is 0 Å². The third kappa shape index (κ3) is 4.72. The number of methoxy groups -OCH3 is 1. The third-order valence-corrected chi connectivity index (χ3v) is 3.60. The predicted octanol–water partition coefficient (Wildman–Crippen LogP) is 1.79. The molecule has 1 heterocycles. The lowest BCUT2D eigenvalue weighted by molar-refractivity contribution is -0.140. The normalized spacial score (nSPS) is 10.2. The Hall–Kier alpha value is -0.980. The molecule has 100 valence electrons. The Morgan fingerprint density at radius 1 is 1.67 bits per heavy atom. The van der Waals surface area contributed by atoms with Crippen LogP contribution in [0.15, 0.2) is 17.2 Å². The van der Waals surface area contributed by atoms with Crippen molar-refractivity contribution in [3.63, 3.8) is 0 Å². The highest BCUT2D eigenvalue weighted by molar-refractivity contribution is 7.99. The zero-order valence-corrected chi connectivity index (χ0v) is 11.6. The number of anilines is 1. The van der Waals surface area contributed by atoms with Gasteiger partial charge in [0.2, 0.25) is 0 Å². The summed E-state index contributed by atoms with van der Waals surface area (Å²) in [6.45, 7) is 0.403. The molecule has 0 unspecified atom stereocenters. The van der Waals surface area contributed by atoms with Gasteiger partial charge in [0.05, 0.1) is 25.2 Å². The molecule has 0 aliphatic heterocycles. The van der Waals surface area contributed by atoms with E-state index in [1.807, 2.05) is 0 Å². The molecule has 1 rings (SSSR count). The van der Waals surface area contributed by atoms with Gasteiger partial charge in [-0.15, -0.1) is 11.8 Å². The van der Waals surface area contributed by atoms with Crippen LogP contribution >= 0.6 is 23.4 Å². The molecule has 0 bridgehead atoms. The lowest BCUT2D eigenvalue weighted by Gasteiger charge is -2.09. The highest BCUT2D eigenvalue weighted by Crippen LogP contribution is 2.31. The molecule has 0 aromatic carbocycles. The summed E-state index contributed by atoms with van der Waals surface area (Å²) >= 11 is 7.61. The van der Waals surface area contributed by atoms with Crippen molar-refractivity contribution >= 4 is 35.1 Å². The number of aliphatic hydroxyl groups excluding tert-OH is 1. The van der Waals surface area contributed by atoms with E-state index in [0.29, 0.717) is 29.6 Å². The molecule has 0 radical (unpaired) electrons. The van der Waals surface area contributed by atoms with Crippen LogP contribution in [-0.2, 0) is 9.53 Å². The van der Waals surface area contributed by atoms with E-state index in [9.17, 15) is 4.79 Å². The Balaban J connectivity index is 2.57. The highest BCUT2D eigenvalue weighted by Gasteiger charge is 2.08. The first-order valence-electron chi connectivity index (χ1n) is 5.38. The lowest BCUT2D eigenvalue weighted by Crippen LogP contribution is -2.07. The molecule has 0 saturated heterocycles. The Bertz CT molecular complexity index is 404. The van der Waals surface area contributed by atoms with E-state index in [0.717, 1.165) is 4.90 Å². The van der Waals surface area contributed by atoms with Gasteiger partial charge < -0.3 is 15.2 Å². The summed E-state index contributed by atoms with van der Waals surface area (Å²) in [7, 11) is 1.36. The average molecular weight is 291 g/mol. The fraction of sp³-hybridized carbons (Fsp3) is 0.455. The molecule has 7 heteroatoms. The third-order valence-electron chi connectivity index (χ3n) is 2.05. The maximum atomic E-state index is 11.0. The molecule has 0 atom stereocenters. The zero-order valence-electron chi connectivity index (χ0n) is 9.98. The van der Waals surface area contributed by atoms with Crippen LogP contribution in [0.4, 0.5) is 5.82 Å². The fourth-order valence-corrected chi connectivity index (χ4v) is 2.39. The van der Waals surface area contributed by atoms with Gasteiger partial charge in [-0.3, -0.25) is 4.79 Å². The van der Waals surface area contributed by atoms with Crippen molar-refractivity contribution in [3.8, 4) is 0 Å². The molecule has 2 N–H and O–H groups in total. The van der Waals surface area contributed by atoms with E-state index in [1.54, 1.807) is 12.3 Å². The second-order valence-corrected chi connectivity index (χ2v) is 4.81. The van der Waals surface area contributed by atoms with Crippen LogP contribution in [0, 0.1) is 0 Å². The van der Waals surface area contributed by atoms with Crippen LogP contribution in [-0.4, -0.2) is 42.1 Å². The van der Waals surface area contributed by atoms with Crippen LogP contribution in [0.5, 0.6) is 0 Å². The van der Waals surface area contributed by atoms with Crippen molar-refractivity contribution in [2.24, 2.45) is 0 Å². The van der Waals surface area contributed by atoms with Crippen LogP contribution in [0.3, 0.4) is 0 Å². The minimum atomic E-state index is -0.244. The van der Waals surface area contributed by atoms with Crippen molar-refractivity contribution in [1.29, 1.82) is 0 Å². The molecule has 18 heavy (non-hydrogen) atoms. The van der Waals surface area contributed by atoms with Crippen molar-refractivity contribution in [2.45, 2.75) is 11.3 Å². The van der Waals surface area contributed by atoms with Gasteiger partial charge in [0.15, 0.2) is 0 Å². The number of aliphatic hydroxyl groups is 1. The minimum absolute atomic E-state index is 0.0116. The van der Waals surface area contributed by atoms with Crippen molar-refractivity contribution < 1.29 is 14.6 Å². The van der Waals surface area contributed by atoms with E-state index in [4.69, 9.17) is 16.7 Å². The molecule has 0 saturated carbocycles. The quantitative estimate of drug-likeness (QED) is 0.589. The Morgan fingerprint density at radius 3 is 3.11 bits per heavy atom. The maximum Gasteiger partial charge on any atom is 0.306 e. The average Bonchev–Trinajstić information content (AvgIpc) is 2.39. The Labute approximate surface area is 115 Å². The first-order valence-corrected chi connectivity index (χ1v) is 6.74. The lowest BCUT2D eigenvalue weighted by atomic mass is 10.4. The number of carbonyl (C=O) groups excluding carboxylic acids is 1. The number of nitrogens with zero attached hydrogens (tertiary/aromatic N) is 1. The number of nitrogens with one attached hydrogen (secondary N) is 1. The first kappa shape index (κ1) is 15.1. The molecule has 0 aliphatic rings. The van der Waals surface area contributed by atoms with Gasteiger partial charge in [-0.2, -0.15) is 0 Å². The Morgan fingerprint density at radius 2 is 2.44 bits per heavy atom. The van der Waals surface area contributed by atoms with Crippen molar-refractivity contribution in [2.75, 3.05) is 31.3 Å². The zero-order chi connectivity index (χ0) is 13.4. The molecule has 1 aromatic heterocycles. The molecule has 0 fully saturated rings. The maximum absolute atomic E-state index is 11.0. The minimum Gasteiger partial charge on any atom is -0.469 e. The van der Waals surface area contributed by atoms with E-state index in [1.165, 1.54) is 18.9 Å². The number of halogens is 1. The van der Waals surface area contributed by atoms with Gasteiger partial charge in [0, 0.05) is 23.4 Å². The molecule has 0 spiro atoms. The molecule has 1 aromatic rings. The molecular formula is C11H15ClN2O3S. The number of aromatic nitrogens is 1. The van der Waals surface area contributed by atoms with E-state index in [-0.39, 0.29) is 12.6 Å². The smallest absolute Gasteiger partial charge is 0.306 e.